The quantitative estimate of drug-likeness (QED) is 0.829. The standard InChI is InChI=1S/C14H15NO4/c1-19-13(16)12-4-2-10(3-5-12)11-6-8-15(9-7-11)14(17)18/h2-6H,7-9H2,1H3,(H,17,18). The molecular weight excluding hydrogens is 246 g/mol. The molecule has 5 heteroatoms. The maximum absolute atomic E-state index is 11.3. The SMILES string of the molecule is COC(=O)c1ccc(C2=CCN(C(=O)O)CC2)cc1. The van der Waals surface area contributed by atoms with Crippen molar-refractivity contribution in [1.82, 2.24) is 4.90 Å². The van der Waals surface area contributed by atoms with E-state index >= 15 is 0 Å². The van der Waals surface area contributed by atoms with Crippen LogP contribution in [-0.2, 0) is 4.74 Å². The molecule has 0 atom stereocenters. The number of hydrogen-bond acceptors (Lipinski definition) is 3. The van der Waals surface area contributed by atoms with Gasteiger partial charge in [0, 0.05) is 13.1 Å². The summed E-state index contributed by atoms with van der Waals surface area (Å²) in [4.78, 5) is 23.5. The zero-order valence-electron chi connectivity index (χ0n) is 10.6. The van der Waals surface area contributed by atoms with E-state index in [1.54, 1.807) is 12.1 Å². The molecule has 1 N–H and O–H groups in total. The summed E-state index contributed by atoms with van der Waals surface area (Å²) in [6, 6.07) is 7.14. The van der Waals surface area contributed by atoms with Crippen LogP contribution >= 0.6 is 0 Å². The second-order valence-electron chi connectivity index (χ2n) is 4.28. The van der Waals surface area contributed by atoms with Gasteiger partial charge in [0.05, 0.1) is 12.7 Å². The van der Waals surface area contributed by atoms with Crippen molar-refractivity contribution >= 4 is 17.6 Å². The summed E-state index contributed by atoms with van der Waals surface area (Å²) in [6.07, 6.45) is 1.70. The molecule has 0 radical (unpaired) electrons. The number of hydrogen-bond donors (Lipinski definition) is 1. The summed E-state index contributed by atoms with van der Waals surface area (Å²) in [6.45, 7) is 0.906. The Balaban J connectivity index is 2.11. The first-order valence-electron chi connectivity index (χ1n) is 5.97. The number of rotatable bonds is 2. The molecule has 0 bridgehead atoms. The van der Waals surface area contributed by atoms with Gasteiger partial charge in [-0.2, -0.15) is 0 Å². The van der Waals surface area contributed by atoms with E-state index in [0.29, 0.717) is 25.1 Å². The summed E-state index contributed by atoms with van der Waals surface area (Å²) in [5, 5.41) is 8.86. The molecule has 0 fully saturated rings. The number of nitrogens with zero attached hydrogens (tertiary/aromatic N) is 1. The van der Waals surface area contributed by atoms with Crippen molar-refractivity contribution in [1.29, 1.82) is 0 Å². The topological polar surface area (TPSA) is 66.8 Å². The highest BCUT2D eigenvalue weighted by molar-refractivity contribution is 5.89. The molecule has 1 aliphatic rings. The summed E-state index contributed by atoms with van der Waals surface area (Å²) in [7, 11) is 1.35. The third kappa shape index (κ3) is 2.93. The molecule has 0 aromatic heterocycles. The molecule has 0 spiro atoms. The summed E-state index contributed by atoms with van der Waals surface area (Å²) >= 11 is 0. The first-order valence-corrected chi connectivity index (χ1v) is 5.97. The highest BCUT2D eigenvalue weighted by atomic mass is 16.5. The smallest absolute Gasteiger partial charge is 0.407 e. The third-order valence-corrected chi connectivity index (χ3v) is 3.16. The molecule has 0 saturated heterocycles. The Hall–Kier alpha value is -2.30. The van der Waals surface area contributed by atoms with Crippen LogP contribution in [0.3, 0.4) is 0 Å². The fraction of sp³-hybridized carbons (Fsp3) is 0.286. The van der Waals surface area contributed by atoms with Crippen LogP contribution in [0.15, 0.2) is 30.3 Å². The van der Waals surface area contributed by atoms with E-state index in [0.717, 1.165) is 11.1 Å². The van der Waals surface area contributed by atoms with E-state index in [1.165, 1.54) is 12.0 Å². The lowest BCUT2D eigenvalue weighted by Crippen LogP contribution is -2.33. The second kappa shape index (κ2) is 5.56. The van der Waals surface area contributed by atoms with E-state index < -0.39 is 6.09 Å². The zero-order valence-corrected chi connectivity index (χ0v) is 10.6. The number of carboxylic acid groups (broad SMARTS) is 1. The largest absolute Gasteiger partial charge is 0.465 e. The molecule has 1 amide bonds. The first-order chi connectivity index (χ1) is 9.11. The normalized spacial score (nSPS) is 14.8. The first kappa shape index (κ1) is 13.1. The highest BCUT2D eigenvalue weighted by Gasteiger charge is 2.16. The van der Waals surface area contributed by atoms with Crippen LogP contribution < -0.4 is 0 Å². The second-order valence-corrected chi connectivity index (χ2v) is 4.28. The average Bonchev–Trinajstić information content (AvgIpc) is 2.46. The molecular formula is C14H15NO4. The monoisotopic (exact) mass is 261 g/mol. The lowest BCUT2D eigenvalue weighted by atomic mass is 9.98. The lowest BCUT2D eigenvalue weighted by molar-refractivity contribution is 0.0600. The van der Waals surface area contributed by atoms with Gasteiger partial charge in [-0.15, -0.1) is 0 Å². The summed E-state index contributed by atoms with van der Waals surface area (Å²) < 4.78 is 4.64. The van der Waals surface area contributed by atoms with Gasteiger partial charge in [-0.05, 0) is 29.7 Å². The molecule has 1 aromatic rings. The van der Waals surface area contributed by atoms with Crippen LogP contribution in [0, 0.1) is 0 Å². The van der Waals surface area contributed by atoms with Crippen LogP contribution in [0.4, 0.5) is 4.79 Å². The number of carbonyl (C=O) groups is 2. The average molecular weight is 261 g/mol. The zero-order chi connectivity index (χ0) is 13.8. The maximum Gasteiger partial charge on any atom is 0.407 e. The lowest BCUT2D eigenvalue weighted by Gasteiger charge is -2.23. The van der Waals surface area contributed by atoms with Crippen LogP contribution in [0.25, 0.3) is 5.57 Å². The molecule has 2 rings (SSSR count). The Labute approximate surface area is 111 Å². The Kier molecular flexibility index (Phi) is 3.85. The highest BCUT2D eigenvalue weighted by Crippen LogP contribution is 2.22. The fourth-order valence-corrected chi connectivity index (χ4v) is 2.04. The van der Waals surface area contributed by atoms with E-state index in [9.17, 15) is 9.59 Å². The number of carbonyl (C=O) groups excluding carboxylic acids is 1. The minimum Gasteiger partial charge on any atom is -0.465 e. The number of methoxy groups -OCH3 is 1. The summed E-state index contributed by atoms with van der Waals surface area (Å²) in [5.74, 6) is -0.360. The van der Waals surface area contributed by atoms with Gasteiger partial charge in [-0.25, -0.2) is 9.59 Å². The van der Waals surface area contributed by atoms with Crippen molar-refractivity contribution in [3.05, 3.63) is 41.5 Å². The van der Waals surface area contributed by atoms with Crippen molar-refractivity contribution in [3.8, 4) is 0 Å². The van der Waals surface area contributed by atoms with E-state index in [-0.39, 0.29) is 5.97 Å². The van der Waals surface area contributed by atoms with Gasteiger partial charge in [-0.1, -0.05) is 18.2 Å². The summed E-state index contributed by atoms with van der Waals surface area (Å²) in [5.41, 5.74) is 2.63. The Morgan fingerprint density at radius 2 is 1.95 bits per heavy atom. The Morgan fingerprint density at radius 3 is 2.42 bits per heavy atom. The number of benzene rings is 1. The van der Waals surface area contributed by atoms with Crippen LogP contribution in [-0.4, -0.2) is 42.3 Å². The molecule has 100 valence electrons. The molecule has 19 heavy (non-hydrogen) atoms. The molecule has 1 aromatic carbocycles. The molecule has 0 aliphatic carbocycles. The molecule has 1 aliphatic heterocycles. The fourth-order valence-electron chi connectivity index (χ4n) is 2.04. The minimum absolute atomic E-state index is 0.360. The number of ether oxygens (including phenoxy) is 1. The molecule has 5 nitrogen and oxygen atoms in total. The van der Waals surface area contributed by atoms with E-state index in [1.807, 2.05) is 18.2 Å². The predicted molar refractivity (Wildman–Crippen MR) is 70.0 cm³/mol. The van der Waals surface area contributed by atoms with Gasteiger partial charge in [-0.3, -0.25) is 0 Å². The van der Waals surface area contributed by atoms with Crippen molar-refractivity contribution in [2.45, 2.75) is 6.42 Å². The van der Waals surface area contributed by atoms with Crippen LogP contribution in [0.2, 0.25) is 0 Å². The number of esters is 1. The van der Waals surface area contributed by atoms with Crippen molar-refractivity contribution in [3.63, 3.8) is 0 Å². The van der Waals surface area contributed by atoms with Crippen molar-refractivity contribution in [2.24, 2.45) is 0 Å². The van der Waals surface area contributed by atoms with Crippen LogP contribution in [0.1, 0.15) is 22.3 Å². The van der Waals surface area contributed by atoms with Gasteiger partial charge >= 0.3 is 12.1 Å². The molecule has 0 saturated carbocycles. The van der Waals surface area contributed by atoms with Crippen LogP contribution in [0.5, 0.6) is 0 Å². The van der Waals surface area contributed by atoms with E-state index in [4.69, 9.17) is 5.11 Å². The van der Waals surface area contributed by atoms with Crippen molar-refractivity contribution < 1.29 is 19.4 Å². The minimum atomic E-state index is -0.892. The van der Waals surface area contributed by atoms with Gasteiger partial charge < -0.3 is 14.7 Å². The van der Waals surface area contributed by atoms with Crippen molar-refractivity contribution in [2.75, 3.05) is 20.2 Å². The maximum atomic E-state index is 11.3. The van der Waals surface area contributed by atoms with Gasteiger partial charge in [0.2, 0.25) is 0 Å². The third-order valence-electron chi connectivity index (χ3n) is 3.16. The predicted octanol–water partition coefficient (Wildman–Crippen LogP) is 2.24. The molecule has 1 heterocycles. The van der Waals surface area contributed by atoms with Gasteiger partial charge in [0.25, 0.3) is 0 Å². The Bertz CT molecular complexity index is 519. The van der Waals surface area contributed by atoms with Gasteiger partial charge in [0.15, 0.2) is 0 Å². The van der Waals surface area contributed by atoms with Gasteiger partial charge in [0.1, 0.15) is 0 Å². The molecule has 0 unspecified atom stereocenters. The van der Waals surface area contributed by atoms with E-state index in [2.05, 4.69) is 4.74 Å². The number of amides is 1. The Morgan fingerprint density at radius 1 is 1.26 bits per heavy atom.